The molecule has 1 aromatic carbocycles. The summed E-state index contributed by atoms with van der Waals surface area (Å²) in [5.74, 6) is 0.408. The Labute approximate surface area is 167 Å². The van der Waals surface area contributed by atoms with Gasteiger partial charge in [-0.3, -0.25) is 9.20 Å². The highest BCUT2D eigenvalue weighted by atomic mass is 32.2. The van der Waals surface area contributed by atoms with Crippen LogP contribution in [0.1, 0.15) is 0 Å². The van der Waals surface area contributed by atoms with Gasteiger partial charge >= 0.3 is 6.03 Å². The molecule has 28 heavy (non-hydrogen) atoms. The number of pyridine rings is 1. The first-order valence-corrected chi connectivity index (χ1v) is 10.1. The highest BCUT2D eigenvalue weighted by Gasteiger charge is 2.24. The number of para-hydroxylation sites is 1. The van der Waals surface area contributed by atoms with Gasteiger partial charge in [-0.2, -0.15) is 0 Å². The van der Waals surface area contributed by atoms with Crippen molar-refractivity contribution in [2.45, 2.75) is 5.16 Å². The molecule has 7 nitrogen and oxygen atoms in total. The topological polar surface area (TPSA) is 70.0 Å². The number of anilines is 1. The fourth-order valence-electron chi connectivity index (χ4n) is 3.13. The number of urea groups is 1. The Morgan fingerprint density at radius 2 is 1.68 bits per heavy atom. The SMILES string of the molecule is O=C(CSc1ncc2ccccn12)N1CCN(C(=O)Nc2ccccc2)CC1. The summed E-state index contributed by atoms with van der Waals surface area (Å²) in [6.07, 6.45) is 3.75. The molecule has 0 aliphatic carbocycles. The highest BCUT2D eigenvalue weighted by Crippen LogP contribution is 2.19. The molecule has 3 aromatic rings. The van der Waals surface area contributed by atoms with Crippen molar-refractivity contribution in [3.05, 3.63) is 60.9 Å². The number of carbonyl (C=O) groups is 2. The number of benzene rings is 1. The van der Waals surface area contributed by atoms with Crippen LogP contribution in [-0.4, -0.2) is 63.1 Å². The van der Waals surface area contributed by atoms with Gasteiger partial charge in [0.2, 0.25) is 5.91 Å². The van der Waals surface area contributed by atoms with Crippen LogP contribution in [0.2, 0.25) is 0 Å². The number of amides is 3. The van der Waals surface area contributed by atoms with Gasteiger partial charge in [0.05, 0.1) is 17.5 Å². The zero-order chi connectivity index (χ0) is 19.3. The van der Waals surface area contributed by atoms with E-state index in [0.29, 0.717) is 31.9 Å². The highest BCUT2D eigenvalue weighted by molar-refractivity contribution is 7.99. The third-order valence-electron chi connectivity index (χ3n) is 4.67. The molecule has 1 fully saturated rings. The number of aromatic nitrogens is 2. The maximum absolute atomic E-state index is 12.5. The number of nitrogens with zero attached hydrogens (tertiary/aromatic N) is 4. The average molecular weight is 395 g/mol. The molecule has 3 amide bonds. The van der Waals surface area contributed by atoms with Gasteiger partial charge in [-0.1, -0.05) is 36.0 Å². The molecule has 144 valence electrons. The molecule has 0 atom stereocenters. The Morgan fingerprint density at radius 1 is 0.964 bits per heavy atom. The molecular weight excluding hydrogens is 374 g/mol. The van der Waals surface area contributed by atoms with E-state index >= 15 is 0 Å². The lowest BCUT2D eigenvalue weighted by molar-refractivity contribution is -0.129. The molecule has 0 saturated carbocycles. The molecule has 1 aliphatic heterocycles. The molecule has 3 heterocycles. The average Bonchev–Trinajstić information content (AvgIpc) is 3.16. The van der Waals surface area contributed by atoms with Gasteiger partial charge in [0.15, 0.2) is 5.16 Å². The molecule has 1 saturated heterocycles. The van der Waals surface area contributed by atoms with Crippen molar-refractivity contribution >= 4 is 34.9 Å². The van der Waals surface area contributed by atoms with Crippen LogP contribution in [0.15, 0.2) is 66.1 Å². The first-order chi connectivity index (χ1) is 13.7. The van der Waals surface area contributed by atoms with Gasteiger partial charge < -0.3 is 15.1 Å². The Bertz CT molecular complexity index is 967. The minimum absolute atomic E-state index is 0.0702. The number of imidazole rings is 1. The summed E-state index contributed by atoms with van der Waals surface area (Å²) in [6.45, 7) is 2.15. The Kier molecular flexibility index (Phi) is 5.48. The molecule has 8 heteroatoms. The lowest BCUT2D eigenvalue weighted by atomic mass is 10.3. The minimum Gasteiger partial charge on any atom is -0.338 e. The fraction of sp³-hybridized carbons (Fsp3) is 0.250. The van der Waals surface area contributed by atoms with Crippen molar-refractivity contribution in [2.24, 2.45) is 0 Å². The van der Waals surface area contributed by atoms with Gasteiger partial charge in [0, 0.05) is 38.1 Å². The second kappa shape index (κ2) is 8.35. The number of hydrogen-bond acceptors (Lipinski definition) is 4. The normalized spacial score (nSPS) is 14.3. The van der Waals surface area contributed by atoms with E-state index in [9.17, 15) is 9.59 Å². The zero-order valence-corrected chi connectivity index (χ0v) is 16.1. The summed E-state index contributed by atoms with van der Waals surface area (Å²) in [5, 5.41) is 3.69. The van der Waals surface area contributed by atoms with E-state index in [1.54, 1.807) is 11.1 Å². The first kappa shape index (κ1) is 18.4. The molecule has 0 bridgehead atoms. The molecule has 2 aromatic heterocycles. The van der Waals surface area contributed by atoms with E-state index in [2.05, 4.69) is 10.3 Å². The van der Waals surface area contributed by atoms with E-state index in [0.717, 1.165) is 16.4 Å². The summed E-state index contributed by atoms with van der Waals surface area (Å²) in [7, 11) is 0. The van der Waals surface area contributed by atoms with Crippen molar-refractivity contribution in [2.75, 3.05) is 37.2 Å². The van der Waals surface area contributed by atoms with Gasteiger partial charge in [-0.05, 0) is 24.3 Å². The van der Waals surface area contributed by atoms with Crippen molar-refractivity contribution in [3.8, 4) is 0 Å². The van der Waals surface area contributed by atoms with Gasteiger partial charge in [0.25, 0.3) is 0 Å². The molecular formula is C20H21N5O2S. The summed E-state index contributed by atoms with van der Waals surface area (Å²) >= 11 is 1.43. The Hall–Kier alpha value is -3.00. The van der Waals surface area contributed by atoms with Gasteiger partial charge in [-0.25, -0.2) is 9.78 Å². The standard InChI is InChI=1S/C20H21N5O2S/c26-18(15-28-20-21-14-17-8-4-5-9-25(17)20)23-10-12-24(13-11-23)19(27)22-16-6-2-1-3-7-16/h1-9,14H,10-13,15H2,(H,22,27). The third kappa shape index (κ3) is 4.12. The van der Waals surface area contributed by atoms with Crippen LogP contribution in [0.5, 0.6) is 0 Å². The third-order valence-corrected chi connectivity index (χ3v) is 5.63. The number of thioether (sulfide) groups is 1. The number of nitrogens with one attached hydrogen (secondary N) is 1. The first-order valence-electron chi connectivity index (χ1n) is 9.14. The Balaban J connectivity index is 1.26. The summed E-state index contributed by atoms with van der Waals surface area (Å²) in [4.78, 5) is 32.8. The largest absolute Gasteiger partial charge is 0.338 e. The predicted octanol–water partition coefficient (Wildman–Crippen LogP) is 2.80. The van der Waals surface area contributed by atoms with Crippen LogP contribution in [0, 0.1) is 0 Å². The van der Waals surface area contributed by atoms with Crippen molar-refractivity contribution in [1.29, 1.82) is 0 Å². The van der Waals surface area contributed by atoms with Crippen LogP contribution in [-0.2, 0) is 4.79 Å². The van der Waals surface area contributed by atoms with Crippen LogP contribution in [0.4, 0.5) is 10.5 Å². The summed E-state index contributed by atoms with van der Waals surface area (Å²) < 4.78 is 1.98. The zero-order valence-electron chi connectivity index (χ0n) is 15.3. The number of piperazine rings is 1. The second-order valence-electron chi connectivity index (χ2n) is 6.49. The Morgan fingerprint density at radius 3 is 2.46 bits per heavy atom. The quantitative estimate of drug-likeness (QED) is 0.690. The van der Waals surface area contributed by atoms with E-state index in [1.807, 2.05) is 64.0 Å². The van der Waals surface area contributed by atoms with Crippen molar-refractivity contribution in [1.82, 2.24) is 19.2 Å². The maximum Gasteiger partial charge on any atom is 0.321 e. The summed E-state index contributed by atoms with van der Waals surface area (Å²) in [5.41, 5.74) is 1.78. The fourth-order valence-corrected chi connectivity index (χ4v) is 3.99. The number of hydrogen-bond donors (Lipinski definition) is 1. The molecule has 4 rings (SSSR count). The lowest BCUT2D eigenvalue weighted by Crippen LogP contribution is -2.52. The van der Waals surface area contributed by atoms with E-state index in [4.69, 9.17) is 0 Å². The molecule has 0 unspecified atom stereocenters. The van der Waals surface area contributed by atoms with E-state index < -0.39 is 0 Å². The number of fused-ring (bicyclic) bond motifs is 1. The van der Waals surface area contributed by atoms with E-state index in [-0.39, 0.29) is 11.9 Å². The van der Waals surface area contributed by atoms with Crippen LogP contribution in [0.3, 0.4) is 0 Å². The van der Waals surface area contributed by atoms with E-state index in [1.165, 1.54) is 11.8 Å². The van der Waals surface area contributed by atoms with Gasteiger partial charge in [-0.15, -0.1) is 0 Å². The molecule has 0 radical (unpaired) electrons. The van der Waals surface area contributed by atoms with Crippen LogP contribution >= 0.6 is 11.8 Å². The van der Waals surface area contributed by atoms with Crippen molar-refractivity contribution in [3.63, 3.8) is 0 Å². The lowest BCUT2D eigenvalue weighted by Gasteiger charge is -2.34. The van der Waals surface area contributed by atoms with Crippen LogP contribution in [0.25, 0.3) is 5.52 Å². The van der Waals surface area contributed by atoms with Crippen molar-refractivity contribution < 1.29 is 9.59 Å². The van der Waals surface area contributed by atoms with Gasteiger partial charge in [0.1, 0.15) is 0 Å². The maximum atomic E-state index is 12.5. The molecule has 1 aliphatic rings. The smallest absolute Gasteiger partial charge is 0.321 e. The number of carbonyl (C=O) groups excluding carboxylic acids is 2. The predicted molar refractivity (Wildman–Crippen MR) is 110 cm³/mol. The minimum atomic E-state index is -0.128. The molecule has 1 N–H and O–H groups in total. The van der Waals surface area contributed by atoms with Crippen LogP contribution < -0.4 is 5.32 Å². The summed E-state index contributed by atoms with van der Waals surface area (Å²) in [6, 6.07) is 15.1. The number of rotatable bonds is 4. The second-order valence-corrected chi connectivity index (χ2v) is 7.43. The molecule has 0 spiro atoms. The monoisotopic (exact) mass is 395 g/mol.